The maximum Gasteiger partial charge on any atom is 0.338 e. The summed E-state index contributed by atoms with van der Waals surface area (Å²) in [6, 6.07) is 0. The number of rotatable bonds is 1. The number of carboxylic acids is 1. The predicted octanol–water partition coefficient (Wildman–Crippen LogP) is 2.09. The van der Waals surface area contributed by atoms with Crippen LogP contribution in [-0.4, -0.2) is 29.6 Å². The number of likely N-dealkylation sites (N-methyl/N-ethyl adjacent to an activating group) is 1. The molecule has 1 aliphatic rings. The monoisotopic (exact) mass is 231 g/mol. The summed E-state index contributed by atoms with van der Waals surface area (Å²) < 4.78 is 0.415. The van der Waals surface area contributed by atoms with Crippen LogP contribution in [0.2, 0.25) is 4.34 Å². The van der Waals surface area contributed by atoms with Crippen molar-refractivity contribution in [2.75, 3.05) is 13.6 Å². The first-order valence-electron chi connectivity index (χ1n) is 4.31. The number of nitrogens with zero attached hydrogens (tertiary/aromatic N) is 1. The predicted molar refractivity (Wildman–Crippen MR) is 56.3 cm³/mol. The first-order valence-corrected chi connectivity index (χ1v) is 5.51. The quantitative estimate of drug-likeness (QED) is 0.805. The van der Waals surface area contributed by atoms with Crippen LogP contribution >= 0.6 is 22.9 Å². The highest BCUT2D eigenvalue weighted by atomic mass is 35.5. The molecule has 0 aromatic carbocycles. The number of thiophene rings is 1. The van der Waals surface area contributed by atoms with E-state index in [1.807, 2.05) is 7.05 Å². The van der Waals surface area contributed by atoms with E-state index in [0.717, 1.165) is 23.4 Å². The summed E-state index contributed by atoms with van der Waals surface area (Å²) in [6.07, 6.45) is 0.906. The second-order valence-corrected chi connectivity index (χ2v) is 5.15. The molecule has 1 aromatic heterocycles. The van der Waals surface area contributed by atoms with E-state index in [2.05, 4.69) is 4.90 Å². The van der Waals surface area contributed by atoms with Gasteiger partial charge in [0.1, 0.15) is 4.34 Å². The molecule has 3 nitrogen and oxygen atoms in total. The second-order valence-electron chi connectivity index (χ2n) is 3.45. The first kappa shape index (κ1) is 9.96. The molecule has 0 bridgehead atoms. The highest BCUT2D eigenvalue weighted by Crippen LogP contribution is 2.35. The first-order chi connectivity index (χ1) is 6.59. The van der Waals surface area contributed by atoms with E-state index < -0.39 is 5.97 Å². The molecular formula is C9H10ClNO2S. The van der Waals surface area contributed by atoms with Gasteiger partial charge in [-0.2, -0.15) is 0 Å². The Hall–Kier alpha value is -0.580. The van der Waals surface area contributed by atoms with E-state index in [9.17, 15) is 4.79 Å². The lowest BCUT2D eigenvalue weighted by Crippen LogP contribution is -2.26. The fourth-order valence-electron chi connectivity index (χ4n) is 1.70. The van der Waals surface area contributed by atoms with Gasteiger partial charge in [0.25, 0.3) is 0 Å². The van der Waals surface area contributed by atoms with Gasteiger partial charge in [-0.3, -0.25) is 0 Å². The van der Waals surface area contributed by atoms with Crippen LogP contribution in [0.4, 0.5) is 0 Å². The molecule has 1 aromatic rings. The number of aromatic carboxylic acids is 1. The normalized spacial score (nSPS) is 16.7. The number of halogens is 1. The van der Waals surface area contributed by atoms with Gasteiger partial charge in [0, 0.05) is 18.0 Å². The van der Waals surface area contributed by atoms with Crippen LogP contribution in [0.15, 0.2) is 0 Å². The van der Waals surface area contributed by atoms with E-state index in [0.29, 0.717) is 16.4 Å². The van der Waals surface area contributed by atoms with Crippen LogP contribution in [0.5, 0.6) is 0 Å². The van der Waals surface area contributed by atoms with Crippen molar-refractivity contribution in [1.29, 1.82) is 0 Å². The number of carbonyl (C=O) groups is 1. The number of hydrogen-bond donors (Lipinski definition) is 1. The molecule has 0 fully saturated rings. The minimum absolute atomic E-state index is 0.304. The van der Waals surface area contributed by atoms with Gasteiger partial charge in [-0.1, -0.05) is 11.6 Å². The third kappa shape index (κ3) is 1.54. The molecule has 0 atom stereocenters. The van der Waals surface area contributed by atoms with Crippen molar-refractivity contribution in [3.8, 4) is 0 Å². The van der Waals surface area contributed by atoms with E-state index in [1.54, 1.807) is 0 Å². The summed E-state index contributed by atoms with van der Waals surface area (Å²) in [6.45, 7) is 1.67. The zero-order valence-corrected chi connectivity index (χ0v) is 9.28. The summed E-state index contributed by atoms with van der Waals surface area (Å²) in [5, 5.41) is 9.00. The SMILES string of the molecule is CN1CCc2sc(Cl)c(C(=O)O)c2C1. The molecule has 5 heteroatoms. The maximum absolute atomic E-state index is 11.0. The molecule has 2 rings (SSSR count). The average Bonchev–Trinajstić information content (AvgIpc) is 2.40. The molecule has 2 heterocycles. The van der Waals surface area contributed by atoms with Crippen LogP contribution in [0.1, 0.15) is 20.8 Å². The summed E-state index contributed by atoms with van der Waals surface area (Å²) in [5.74, 6) is -0.914. The molecule has 0 saturated heterocycles. The summed E-state index contributed by atoms with van der Waals surface area (Å²) in [5.41, 5.74) is 1.21. The van der Waals surface area contributed by atoms with Crippen LogP contribution in [0, 0.1) is 0 Å². The fraction of sp³-hybridized carbons (Fsp3) is 0.444. The van der Waals surface area contributed by atoms with Crippen LogP contribution < -0.4 is 0 Å². The smallest absolute Gasteiger partial charge is 0.338 e. The van der Waals surface area contributed by atoms with Gasteiger partial charge < -0.3 is 10.0 Å². The lowest BCUT2D eigenvalue weighted by molar-refractivity contribution is 0.0695. The summed E-state index contributed by atoms with van der Waals surface area (Å²) >= 11 is 7.30. The average molecular weight is 232 g/mol. The molecule has 76 valence electrons. The maximum atomic E-state index is 11.0. The molecule has 1 aliphatic heterocycles. The lowest BCUT2D eigenvalue weighted by atomic mass is 10.1. The number of carboxylic acid groups (broad SMARTS) is 1. The van der Waals surface area contributed by atoms with Gasteiger partial charge in [0.2, 0.25) is 0 Å². The number of hydrogen-bond acceptors (Lipinski definition) is 3. The largest absolute Gasteiger partial charge is 0.478 e. The summed E-state index contributed by atoms with van der Waals surface area (Å²) in [4.78, 5) is 14.2. The van der Waals surface area contributed by atoms with E-state index in [4.69, 9.17) is 16.7 Å². The van der Waals surface area contributed by atoms with Crippen molar-refractivity contribution in [3.63, 3.8) is 0 Å². The van der Waals surface area contributed by atoms with Gasteiger partial charge in [0.15, 0.2) is 0 Å². The molecular weight excluding hydrogens is 222 g/mol. The van der Waals surface area contributed by atoms with Crippen molar-refractivity contribution in [2.24, 2.45) is 0 Å². The van der Waals surface area contributed by atoms with E-state index >= 15 is 0 Å². The topological polar surface area (TPSA) is 40.5 Å². The molecule has 14 heavy (non-hydrogen) atoms. The standard InChI is InChI=1S/C9H10ClNO2S/c1-11-3-2-6-5(4-11)7(9(12)13)8(10)14-6/h2-4H2,1H3,(H,12,13). The molecule has 0 saturated carbocycles. The third-order valence-corrected chi connectivity index (χ3v) is 3.91. The van der Waals surface area contributed by atoms with Crippen LogP contribution in [0.3, 0.4) is 0 Å². The Balaban J connectivity index is 2.50. The summed E-state index contributed by atoms with van der Waals surface area (Å²) in [7, 11) is 1.99. The van der Waals surface area contributed by atoms with Gasteiger partial charge in [0.05, 0.1) is 5.56 Å². The minimum Gasteiger partial charge on any atom is -0.478 e. The Morgan fingerprint density at radius 1 is 1.64 bits per heavy atom. The molecule has 0 amide bonds. The van der Waals surface area contributed by atoms with Crippen molar-refractivity contribution in [3.05, 3.63) is 20.3 Å². The molecule has 0 aliphatic carbocycles. The van der Waals surface area contributed by atoms with E-state index in [-0.39, 0.29) is 0 Å². The van der Waals surface area contributed by atoms with Crippen molar-refractivity contribution >= 4 is 28.9 Å². The zero-order valence-electron chi connectivity index (χ0n) is 7.71. The van der Waals surface area contributed by atoms with Gasteiger partial charge in [-0.25, -0.2) is 4.79 Å². The van der Waals surface area contributed by atoms with Crippen LogP contribution in [0.25, 0.3) is 0 Å². The molecule has 1 N–H and O–H groups in total. The third-order valence-electron chi connectivity index (χ3n) is 2.41. The van der Waals surface area contributed by atoms with Gasteiger partial charge in [-0.15, -0.1) is 11.3 Å². The van der Waals surface area contributed by atoms with Gasteiger partial charge in [-0.05, 0) is 19.0 Å². The second kappa shape index (κ2) is 3.53. The Morgan fingerprint density at radius 2 is 2.36 bits per heavy atom. The van der Waals surface area contributed by atoms with Crippen molar-refractivity contribution in [1.82, 2.24) is 4.90 Å². The number of fused-ring (bicyclic) bond motifs is 1. The Morgan fingerprint density at radius 3 is 3.00 bits per heavy atom. The highest BCUT2D eigenvalue weighted by Gasteiger charge is 2.25. The zero-order chi connectivity index (χ0) is 10.3. The Kier molecular flexibility index (Phi) is 2.51. The van der Waals surface area contributed by atoms with Crippen LogP contribution in [-0.2, 0) is 13.0 Å². The van der Waals surface area contributed by atoms with E-state index in [1.165, 1.54) is 11.3 Å². The molecule has 0 spiro atoms. The fourth-order valence-corrected chi connectivity index (χ4v) is 3.19. The Labute approximate surface area is 90.9 Å². The molecule has 0 radical (unpaired) electrons. The van der Waals surface area contributed by atoms with Crippen molar-refractivity contribution < 1.29 is 9.90 Å². The Bertz CT molecular complexity index is 388. The molecule has 0 unspecified atom stereocenters. The highest BCUT2D eigenvalue weighted by molar-refractivity contribution is 7.16. The lowest BCUT2D eigenvalue weighted by Gasteiger charge is -2.22. The van der Waals surface area contributed by atoms with Gasteiger partial charge >= 0.3 is 5.97 Å². The van der Waals surface area contributed by atoms with Crippen molar-refractivity contribution in [2.45, 2.75) is 13.0 Å². The minimum atomic E-state index is -0.914.